The van der Waals surface area contributed by atoms with Gasteiger partial charge in [0.05, 0.1) is 0 Å². The Morgan fingerprint density at radius 1 is 1.13 bits per heavy atom. The van der Waals surface area contributed by atoms with Crippen LogP contribution in [0.3, 0.4) is 0 Å². The molecule has 0 N–H and O–H groups in total. The second kappa shape index (κ2) is 7.33. The number of hydrogen-bond donors (Lipinski definition) is 0. The fourth-order valence-electron chi connectivity index (χ4n) is 1.69. The molecule has 1 rings (SSSR count). The average molecular weight is 205 g/mol. The van der Waals surface area contributed by atoms with Gasteiger partial charge in [0.15, 0.2) is 0 Å². The van der Waals surface area contributed by atoms with Crippen molar-refractivity contribution < 1.29 is 4.74 Å². The highest BCUT2D eigenvalue weighted by Crippen LogP contribution is 2.21. The molecular weight excluding hydrogens is 184 g/mol. The van der Waals surface area contributed by atoms with Crippen molar-refractivity contribution in [3.05, 3.63) is 36.4 Å². The molecule has 0 unspecified atom stereocenters. The first kappa shape index (κ1) is 12.1. The van der Waals surface area contributed by atoms with Crippen LogP contribution in [0.25, 0.3) is 0 Å². The van der Waals surface area contributed by atoms with Crippen molar-refractivity contribution in [1.82, 2.24) is 0 Å². The van der Waals surface area contributed by atoms with Crippen LogP contribution in [0.15, 0.2) is 24.3 Å². The first-order valence-corrected chi connectivity index (χ1v) is 5.91. The fraction of sp³-hybridized carbons (Fsp3) is 0.500. The molecule has 1 radical (unpaired) electrons. The lowest BCUT2D eigenvalue weighted by atomic mass is 10.1. The number of rotatable bonds is 7. The molecule has 1 aromatic rings. The topological polar surface area (TPSA) is 9.23 Å². The molecule has 0 saturated carbocycles. The highest BCUT2D eigenvalue weighted by atomic mass is 16.5. The molecule has 15 heavy (non-hydrogen) atoms. The number of aryl methyl sites for hydroxylation is 1. The lowest BCUT2D eigenvalue weighted by Crippen LogP contribution is -1.93. The number of para-hydroxylation sites is 1. The molecule has 0 fully saturated rings. The largest absolute Gasteiger partial charge is 0.487 e. The van der Waals surface area contributed by atoms with Crippen molar-refractivity contribution >= 4 is 0 Å². The van der Waals surface area contributed by atoms with Crippen LogP contribution in [0.4, 0.5) is 0 Å². The summed E-state index contributed by atoms with van der Waals surface area (Å²) in [6, 6.07) is 8.30. The van der Waals surface area contributed by atoms with Crippen LogP contribution >= 0.6 is 0 Å². The van der Waals surface area contributed by atoms with Crippen molar-refractivity contribution in [3.63, 3.8) is 0 Å². The van der Waals surface area contributed by atoms with Gasteiger partial charge in [0.25, 0.3) is 0 Å². The molecule has 1 aromatic carbocycles. The number of hydrogen-bond acceptors (Lipinski definition) is 1. The minimum Gasteiger partial charge on any atom is -0.487 e. The molecule has 83 valence electrons. The summed E-state index contributed by atoms with van der Waals surface area (Å²) in [5.41, 5.74) is 1.33. The van der Waals surface area contributed by atoms with Gasteiger partial charge in [0, 0.05) is 0 Å². The zero-order chi connectivity index (χ0) is 10.9. The highest BCUT2D eigenvalue weighted by molar-refractivity contribution is 5.33. The molecule has 0 aromatic heterocycles. The van der Waals surface area contributed by atoms with E-state index in [2.05, 4.69) is 19.1 Å². The van der Waals surface area contributed by atoms with E-state index < -0.39 is 0 Å². The van der Waals surface area contributed by atoms with Crippen molar-refractivity contribution in [1.29, 1.82) is 0 Å². The molecule has 0 bridgehead atoms. The maximum absolute atomic E-state index is 5.47. The van der Waals surface area contributed by atoms with E-state index in [1.54, 1.807) is 6.61 Å². The van der Waals surface area contributed by atoms with Crippen LogP contribution in [0.2, 0.25) is 0 Å². The third-order valence-electron chi connectivity index (χ3n) is 2.52. The van der Waals surface area contributed by atoms with Crippen LogP contribution in [0.5, 0.6) is 5.75 Å². The van der Waals surface area contributed by atoms with Crippen LogP contribution in [-0.4, -0.2) is 0 Å². The van der Waals surface area contributed by atoms with Gasteiger partial charge >= 0.3 is 0 Å². The van der Waals surface area contributed by atoms with E-state index in [0.29, 0.717) is 0 Å². The molecule has 0 amide bonds. The second-order valence-corrected chi connectivity index (χ2v) is 3.77. The zero-order valence-electron chi connectivity index (χ0n) is 9.83. The summed E-state index contributed by atoms with van der Waals surface area (Å²) in [5, 5.41) is 0. The van der Waals surface area contributed by atoms with Gasteiger partial charge in [-0.2, -0.15) is 0 Å². The third-order valence-corrected chi connectivity index (χ3v) is 2.52. The van der Waals surface area contributed by atoms with E-state index in [9.17, 15) is 0 Å². The van der Waals surface area contributed by atoms with Crippen molar-refractivity contribution in [3.8, 4) is 5.75 Å². The number of ether oxygens (including phenoxy) is 1. The number of benzene rings is 1. The van der Waals surface area contributed by atoms with E-state index in [-0.39, 0.29) is 0 Å². The standard InChI is InChI=1S/C14H21O/c1-3-5-6-7-10-13-11-8-9-12-14(13)15-4-2/h4,8-9,11-12H,3,5-7,10H2,1-2H3. The maximum Gasteiger partial charge on any atom is 0.132 e. The predicted octanol–water partition coefficient (Wildman–Crippen LogP) is 4.37. The van der Waals surface area contributed by atoms with Crippen LogP contribution < -0.4 is 4.74 Å². The normalized spacial score (nSPS) is 10.3. The van der Waals surface area contributed by atoms with Gasteiger partial charge in [-0.25, -0.2) is 0 Å². The molecule has 0 heterocycles. The Morgan fingerprint density at radius 2 is 1.93 bits per heavy atom. The minimum absolute atomic E-state index is 1.01. The van der Waals surface area contributed by atoms with E-state index in [0.717, 1.165) is 12.2 Å². The molecular formula is C14H21O. The monoisotopic (exact) mass is 205 g/mol. The van der Waals surface area contributed by atoms with E-state index >= 15 is 0 Å². The molecule has 0 atom stereocenters. The second-order valence-electron chi connectivity index (χ2n) is 3.77. The fourth-order valence-corrected chi connectivity index (χ4v) is 1.69. The summed E-state index contributed by atoms with van der Waals surface area (Å²) in [4.78, 5) is 0. The van der Waals surface area contributed by atoms with E-state index in [1.165, 1.54) is 31.2 Å². The third kappa shape index (κ3) is 4.37. The van der Waals surface area contributed by atoms with Crippen molar-refractivity contribution in [2.45, 2.75) is 46.0 Å². The summed E-state index contributed by atoms with van der Waals surface area (Å²) >= 11 is 0. The molecule has 0 spiro atoms. The van der Waals surface area contributed by atoms with Crippen LogP contribution in [0, 0.1) is 6.61 Å². The molecule has 0 aliphatic heterocycles. The Bertz CT molecular complexity index is 268. The minimum atomic E-state index is 1.01. The van der Waals surface area contributed by atoms with E-state index in [1.807, 2.05) is 19.1 Å². The van der Waals surface area contributed by atoms with Crippen LogP contribution in [0.1, 0.15) is 45.1 Å². The Kier molecular flexibility index (Phi) is 5.91. The quantitative estimate of drug-likeness (QED) is 0.601. The summed E-state index contributed by atoms with van der Waals surface area (Å²) < 4.78 is 5.47. The Morgan fingerprint density at radius 3 is 2.67 bits per heavy atom. The van der Waals surface area contributed by atoms with Gasteiger partial charge in [-0.1, -0.05) is 44.4 Å². The number of unbranched alkanes of at least 4 members (excludes halogenated alkanes) is 3. The smallest absolute Gasteiger partial charge is 0.132 e. The van der Waals surface area contributed by atoms with Gasteiger partial charge in [-0.3, -0.25) is 0 Å². The first-order chi connectivity index (χ1) is 7.38. The van der Waals surface area contributed by atoms with Gasteiger partial charge in [0.2, 0.25) is 0 Å². The molecule has 1 nitrogen and oxygen atoms in total. The first-order valence-electron chi connectivity index (χ1n) is 5.91. The summed E-state index contributed by atoms with van der Waals surface area (Å²) in [6.07, 6.45) is 6.34. The van der Waals surface area contributed by atoms with Gasteiger partial charge in [0.1, 0.15) is 12.4 Å². The summed E-state index contributed by atoms with van der Waals surface area (Å²) in [5.74, 6) is 1.01. The Labute approximate surface area is 93.5 Å². The average Bonchev–Trinajstić information content (AvgIpc) is 2.27. The lowest BCUT2D eigenvalue weighted by Gasteiger charge is -2.08. The molecule has 0 aliphatic carbocycles. The van der Waals surface area contributed by atoms with Gasteiger partial charge in [-0.15, -0.1) is 0 Å². The summed E-state index contributed by atoms with van der Waals surface area (Å²) in [7, 11) is 0. The van der Waals surface area contributed by atoms with Gasteiger partial charge < -0.3 is 4.74 Å². The highest BCUT2D eigenvalue weighted by Gasteiger charge is 2.01. The maximum atomic E-state index is 5.47. The van der Waals surface area contributed by atoms with Gasteiger partial charge in [-0.05, 0) is 31.4 Å². The van der Waals surface area contributed by atoms with E-state index in [4.69, 9.17) is 4.74 Å². The Hall–Kier alpha value is -0.980. The zero-order valence-corrected chi connectivity index (χ0v) is 9.83. The predicted molar refractivity (Wildman–Crippen MR) is 64.9 cm³/mol. The Balaban J connectivity index is 2.44. The van der Waals surface area contributed by atoms with Crippen LogP contribution in [-0.2, 0) is 6.42 Å². The molecule has 1 heteroatoms. The van der Waals surface area contributed by atoms with Crippen molar-refractivity contribution in [2.75, 3.05) is 0 Å². The van der Waals surface area contributed by atoms with Crippen molar-refractivity contribution in [2.24, 2.45) is 0 Å². The molecule has 0 saturated heterocycles. The lowest BCUT2D eigenvalue weighted by molar-refractivity contribution is 0.410. The molecule has 0 aliphatic rings. The summed E-state index contributed by atoms with van der Waals surface area (Å²) in [6.45, 7) is 5.89. The SMILES string of the molecule is C[CH]Oc1ccccc1CCCCCC.